The Hall–Kier alpha value is -0.670. The molecule has 0 spiro atoms. The van der Waals surface area contributed by atoms with Crippen LogP contribution in [0.15, 0.2) is 18.2 Å². The van der Waals surface area contributed by atoms with E-state index in [0.717, 1.165) is 10.1 Å². The number of rotatable bonds is 1. The second-order valence-corrected chi connectivity index (χ2v) is 4.81. The van der Waals surface area contributed by atoms with Crippen LogP contribution in [0.1, 0.15) is 17.6 Å². The second kappa shape index (κ2) is 3.48. The average Bonchev–Trinajstić information content (AvgIpc) is 2.42. The number of halogens is 3. The van der Waals surface area contributed by atoms with E-state index < -0.39 is 6.43 Å². The summed E-state index contributed by atoms with van der Waals surface area (Å²) in [5.41, 5.74) is 0.706. The van der Waals surface area contributed by atoms with Crippen LogP contribution in [-0.2, 0) is 0 Å². The molecule has 2 aromatic rings. The molecule has 4 heteroatoms. The molecule has 0 aliphatic carbocycles. The summed E-state index contributed by atoms with van der Waals surface area (Å²) in [5.74, 6) is 0. The number of alkyl halides is 2. The fourth-order valence-corrected chi connectivity index (χ4v) is 2.60. The normalized spacial score (nSPS) is 11.5. The molecule has 14 heavy (non-hydrogen) atoms. The first kappa shape index (κ1) is 9.87. The zero-order chi connectivity index (χ0) is 10.3. The van der Waals surface area contributed by atoms with Crippen molar-refractivity contribution in [3.05, 3.63) is 33.7 Å². The number of aryl methyl sites for hydroxylation is 1. The van der Waals surface area contributed by atoms with Gasteiger partial charge < -0.3 is 0 Å². The van der Waals surface area contributed by atoms with Crippen LogP contribution in [0.5, 0.6) is 0 Å². The van der Waals surface area contributed by atoms with Gasteiger partial charge in [0.05, 0.1) is 4.34 Å². The SMILES string of the molecule is Cc1cc2cc(Cl)sc2cc1C(F)F. The smallest absolute Gasteiger partial charge is 0.205 e. The molecule has 0 aliphatic heterocycles. The molecule has 0 saturated carbocycles. The van der Waals surface area contributed by atoms with Gasteiger partial charge in [0.1, 0.15) is 0 Å². The Labute approximate surface area is 89.1 Å². The molecule has 0 atom stereocenters. The van der Waals surface area contributed by atoms with E-state index in [0.29, 0.717) is 9.90 Å². The maximum atomic E-state index is 12.5. The number of thiophene rings is 1. The molecule has 0 fully saturated rings. The van der Waals surface area contributed by atoms with Gasteiger partial charge in [-0.05, 0) is 30.0 Å². The van der Waals surface area contributed by atoms with Gasteiger partial charge in [0, 0.05) is 10.3 Å². The second-order valence-electron chi connectivity index (χ2n) is 3.10. The minimum absolute atomic E-state index is 0.0935. The minimum atomic E-state index is -2.42. The molecule has 0 unspecified atom stereocenters. The number of hydrogen-bond donors (Lipinski definition) is 0. The standard InChI is InChI=1S/C10H7ClF2S/c1-5-2-6-3-9(11)14-8(6)4-7(5)10(12)13/h2-4,10H,1H3. The Bertz CT molecular complexity index is 476. The van der Waals surface area contributed by atoms with E-state index in [1.807, 2.05) is 0 Å². The van der Waals surface area contributed by atoms with Crippen molar-refractivity contribution in [3.63, 3.8) is 0 Å². The number of hydrogen-bond acceptors (Lipinski definition) is 1. The Morgan fingerprint density at radius 1 is 1.29 bits per heavy atom. The van der Waals surface area contributed by atoms with Crippen molar-refractivity contribution < 1.29 is 8.78 Å². The van der Waals surface area contributed by atoms with Gasteiger partial charge in [0.25, 0.3) is 6.43 Å². The third-order valence-corrected chi connectivity index (χ3v) is 3.34. The molecule has 0 saturated heterocycles. The summed E-state index contributed by atoms with van der Waals surface area (Å²) in [4.78, 5) is 0. The molecule has 1 heterocycles. The zero-order valence-corrected chi connectivity index (χ0v) is 8.92. The summed E-state index contributed by atoms with van der Waals surface area (Å²) in [7, 11) is 0. The quantitative estimate of drug-likeness (QED) is 0.663. The molecule has 0 radical (unpaired) electrons. The minimum Gasteiger partial charge on any atom is -0.205 e. The van der Waals surface area contributed by atoms with Gasteiger partial charge in [0.2, 0.25) is 0 Å². The van der Waals surface area contributed by atoms with Crippen molar-refractivity contribution in [2.45, 2.75) is 13.3 Å². The molecule has 74 valence electrons. The molecule has 0 amide bonds. The zero-order valence-electron chi connectivity index (χ0n) is 7.35. The predicted octanol–water partition coefficient (Wildman–Crippen LogP) is 4.80. The van der Waals surface area contributed by atoms with Crippen LogP contribution in [0.4, 0.5) is 8.78 Å². The van der Waals surface area contributed by atoms with E-state index in [1.54, 1.807) is 19.1 Å². The molecule has 1 aromatic carbocycles. The Morgan fingerprint density at radius 3 is 2.64 bits per heavy atom. The van der Waals surface area contributed by atoms with Gasteiger partial charge in [-0.3, -0.25) is 0 Å². The highest BCUT2D eigenvalue weighted by molar-refractivity contribution is 7.22. The molecule has 0 nitrogen and oxygen atoms in total. The summed E-state index contributed by atoms with van der Waals surface area (Å²) in [6.07, 6.45) is -2.42. The van der Waals surface area contributed by atoms with Crippen molar-refractivity contribution in [2.75, 3.05) is 0 Å². The van der Waals surface area contributed by atoms with Crippen LogP contribution in [0, 0.1) is 6.92 Å². The highest BCUT2D eigenvalue weighted by Gasteiger charge is 2.12. The first-order valence-corrected chi connectivity index (χ1v) is 5.25. The van der Waals surface area contributed by atoms with Gasteiger partial charge in [-0.15, -0.1) is 11.3 Å². The highest BCUT2D eigenvalue weighted by atomic mass is 35.5. The fraction of sp³-hybridized carbons (Fsp3) is 0.200. The lowest BCUT2D eigenvalue weighted by atomic mass is 10.1. The van der Waals surface area contributed by atoms with E-state index in [2.05, 4.69) is 0 Å². The van der Waals surface area contributed by atoms with E-state index >= 15 is 0 Å². The van der Waals surface area contributed by atoms with Crippen molar-refractivity contribution in [2.24, 2.45) is 0 Å². The summed E-state index contributed by atoms with van der Waals surface area (Å²) in [6.45, 7) is 1.69. The lowest BCUT2D eigenvalue weighted by Crippen LogP contribution is -1.87. The van der Waals surface area contributed by atoms with Crippen LogP contribution < -0.4 is 0 Å². The third kappa shape index (κ3) is 1.62. The summed E-state index contributed by atoms with van der Waals surface area (Å²) in [6, 6.07) is 5.06. The fourth-order valence-electron chi connectivity index (χ4n) is 1.42. The van der Waals surface area contributed by atoms with Gasteiger partial charge >= 0.3 is 0 Å². The van der Waals surface area contributed by atoms with Crippen molar-refractivity contribution >= 4 is 33.0 Å². The average molecular weight is 233 g/mol. The van der Waals surface area contributed by atoms with Crippen LogP contribution in [0.25, 0.3) is 10.1 Å². The maximum absolute atomic E-state index is 12.5. The predicted molar refractivity (Wildman–Crippen MR) is 56.5 cm³/mol. The van der Waals surface area contributed by atoms with Gasteiger partial charge in [-0.2, -0.15) is 0 Å². The van der Waals surface area contributed by atoms with E-state index in [9.17, 15) is 8.78 Å². The van der Waals surface area contributed by atoms with Crippen LogP contribution in [0.3, 0.4) is 0 Å². The lowest BCUT2D eigenvalue weighted by Gasteiger charge is -2.03. The molecular formula is C10H7ClF2S. The first-order chi connectivity index (χ1) is 6.58. The van der Waals surface area contributed by atoms with Gasteiger partial charge in [-0.1, -0.05) is 17.7 Å². The number of benzene rings is 1. The Morgan fingerprint density at radius 2 is 2.00 bits per heavy atom. The molecule has 0 N–H and O–H groups in total. The Balaban J connectivity index is 2.70. The van der Waals surface area contributed by atoms with E-state index in [4.69, 9.17) is 11.6 Å². The maximum Gasteiger partial charge on any atom is 0.264 e. The first-order valence-electron chi connectivity index (χ1n) is 4.05. The van der Waals surface area contributed by atoms with Gasteiger partial charge in [0.15, 0.2) is 0 Å². The summed E-state index contributed by atoms with van der Waals surface area (Å²) >= 11 is 7.12. The third-order valence-electron chi connectivity index (χ3n) is 2.11. The largest absolute Gasteiger partial charge is 0.264 e. The molecule has 0 bridgehead atoms. The van der Waals surface area contributed by atoms with Crippen molar-refractivity contribution in [3.8, 4) is 0 Å². The van der Waals surface area contributed by atoms with Crippen molar-refractivity contribution in [1.82, 2.24) is 0 Å². The van der Waals surface area contributed by atoms with E-state index in [-0.39, 0.29) is 5.56 Å². The summed E-state index contributed by atoms with van der Waals surface area (Å²) in [5, 5.41) is 0.932. The Kier molecular flexibility index (Phi) is 2.45. The van der Waals surface area contributed by atoms with Crippen LogP contribution >= 0.6 is 22.9 Å². The monoisotopic (exact) mass is 232 g/mol. The van der Waals surface area contributed by atoms with Crippen LogP contribution in [-0.4, -0.2) is 0 Å². The molecule has 0 aliphatic rings. The van der Waals surface area contributed by atoms with Gasteiger partial charge in [-0.25, -0.2) is 8.78 Å². The van der Waals surface area contributed by atoms with Crippen LogP contribution in [0.2, 0.25) is 4.34 Å². The molecular weight excluding hydrogens is 226 g/mol. The lowest BCUT2D eigenvalue weighted by molar-refractivity contribution is 0.151. The van der Waals surface area contributed by atoms with E-state index in [1.165, 1.54) is 17.4 Å². The number of fused-ring (bicyclic) bond motifs is 1. The molecule has 2 rings (SSSR count). The highest BCUT2D eigenvalue weighted by Crippen LogP contribution is 2.34. The molecule has 1 aromatic heterocycles. The summed E-state index contributed by atoms with van der Waals surface area (Å²) < 4.78 is 26.5. The van der Waals surface area contributed by atoms with Crippen molar-refractivity contribution in [1.29, 1.82) is 0 Å². The topological polar surface area (TPSA) is 0 Å².